The van der Waals surface area contributed by atoms with Crippen molar-refractivity contribution in [1.29, 1.82) is 0 Å². The van der Waals surface area contributed by atoms with Crippen LogP contribution in [0, 0.1) is 18.8 Å². The maximum atomic E-state index is 13.5. The quantitative estimate of drug-likeness (QED) is 0.416. The molecule has 0 radical (unpaired) electrons. The third kappa shape index (κ3) is 5.00. The highest BCUT2D eigenvalue weighted by molar-refractivity contribution is 5.79. The van der Waals surface area contributed by atoms with Gasteiger partial charge in [-0.2, -0.15) is 0 Å². The molecule has 8 nitrogen and oxygen atoms in total. The van der Waals surface area contributed by atoms with Crippen LogP contribution in [-0.2, 0) is 11.3 Å². The van der Waals surface area contributed by atoms with E-state index in [1.54, 1.807) is 10.6 Å². The van der Waals surface area contributed by atoms with Crippen LogP contribution in [0.2, 0.25) is 0 Å². The Morgan fingerprint density at radius 3 is 2.89 bits per heavy atom. The van der Waals surface area contributed by atoms with Crippen LogP contribution in [-0.4, -0.2) is 38.2 Å². The Hall–Kier alpha value is -3.07. The third-order valence-corrected chi connectivity index (χ3v) is 8.92. The number of para-hydroxylation sites is 1. The SMILES string of the molecule is Cc1cc(C2NNC3CCC(C(=O)N[C@@H]4CCC[C@@](O)(Cn5c(=O)ccc6ccccc65)C4)CC32)ccn1. The van der Waals surface area contributed by atoms with Gasteiger partial charge in [0.15, 0.2) is 0 Å². The van der Waals surface area contributed by atoms with E-state index in [9.17, 15) is 14.7 Å². The number of amides is 1. The monoisotopic (exact) mass is 515 g/mol. The Labute approximate surface area is 222 Å². The number of nitrogens with one attached hydrogen (secondary N) is 3. The van der Waals surface area contributed by atoms with Crippen molar-refractivity contribution in [2.24, 2.45) is 11.8 Å². The van der Waals surface area contributed by atoms with Crippen molar-refractivity contribution < 1.29 is 9.90 Å². The van der Waals surface area contributed by atoms with Crippen molar-refractivity contribution >= 4 is 16.8 Å². The molecule has 2 saturated carbocycles. The fourth-order valence-electron chi connectivity index (χ4n) is 7.01. The van der Waals surface area contributed by atoms with Crippen LogP contribution >= 0.6 is 0 Å². The van der Waals surface area contributed by atoms with Gasteiger partial charge in [0, 0.05) is 36.0 Å². The summed E-state index contributed by atoms with van der Waals surface area (Å²) < 4.78 is 1.68. The van der Waals surface area contributed by atoms with Gasteiger partial charge < -0.3 is 15.0 Å². The molecule has 1 amide bonds. The Bertz CT molecular complexity index is 1390. The molecule has 0 bridgehead atoms. The standard InChI is InChI=1S/C30H37N5O3/c1-19-15-21(12-14-31-19)28-24-16-22(8-10-25(24)33-34-28)29(37)32-23-6-4-13-30(38,17-23)18-35-26-7-3-2-5-20(26)9-11-27(35)36/h2-3,5,7,9,11-12,14-15,22-25,28,33-34,38H,4,6,8,10,13,16-18H2,1H3,(H,32,37)/t22?,23-,24?,25?,28?,30+/m1/s1. The molecule has 8 heteroatoms. The molecule has 38 heavy (non-hydrogen) atoms. The van der Waals surface area contributed by atoms with Crippen molar-refractivity contribution in [3.8, 4) is 0 Å². The van der Waals surface area contributed by atoms with Crippen LogP contribution in [0.5, 0.6) is 0 Å². The molecule has 1 saturated heterocycles. The fraction of sp³-hybridized carbons (Fsp3) is 0.500. The molecule has 6 atom stereocenters. The minimum Gasteiger partial charge on any atom is -0.388 e. The molecule has 0 spiro atoms. The number of aromatic nitrogens is 2. The number of hydrogen-bond acceptors (Lipinski definition) is 6. The summed E-state index contributed by atoms with van der Waals surface area (Å²) in [6.45, 7) is 2.24. The Balaban J connectivity index is 1.12. The number of hydrogen-bond donors (Lipinski definition) is 4. The molecule has 2 aromatic heterocycles. The van der Waals surface area contributed by atoms with Gasteiger partial charge in [-0.25, -0.2) is 5.43 Å². The van der Waals surface area contributed by atoms with Crippen molar-refractivity contribution in [2.45, 2.75) is 82.1 Å². The first-order valence-electron chi connectivity index (χ1n) is 13.9. The molecule has 200 valence electrons. The molecule has 3 aromatic rings. The van der Waals surface area contributed by atoms with E-state index in [1.165, 1.54) is 5.56 Å². The van der Waals surface area contributed by atoms with E-state index in [0.29, 0.717) is 24.8 Å². The number of aryl methyl sites for hydroxylation is 1. The van der Waals surface area contributed by atoms with E-state index in [0.717, 1.165) is 48.7 Å². The molecule has 3 heterocycles. The van der Waals surface area contributed by atoms with Crippen LogP contribution in [0.3, 0.4) is 0 Å². The second kappa shape index (κ2) is 10.2. The summed E-state index contributed by atoms with van der Waals surface area (Å²) in [6, 6.07) is 15.8. The van der Waals surface area contributed by atoms with Crippen molar-refractivity contribution in [3.63, 3.8) is 0 Å². The first kappa shape index (κ1) is 25.2. The number of carbonyl (C=O) groups is 1. The van der Waals surface area contributed by atoms with Gasteiger partial charge in [0.05, 0.1) is 23.7 Å². The topological polar surface area (TPSA) is 108 Å². The van der Waals surface area contributed by atoms with Crippen LogP contribution < -0.4 is 21.7 Å². The minimum absolute atomic E-state index is 0.0425. The Morgan fingerprint density at radius 1 is 1.16 bits per heavy atom. The van der Waals surface area contributed by atoms with Crippen molar-refractivity contribution in [3.05, 3.63) is 76.3 Å². The minimum atomic E-state index is -1.04. The van der Waals surface area contributed by atoms with Crippen molar-refractivity contribution in [1.82, 2.24) is 25.7 Å². The summed E-state index contributed by atoms with van der Waals surface area (Å²) in [5, 5.41) is 15.8. The predicted molar refractivity (Wildman–Crippen MR) is 146 cm³/mol. The summed E-state index contributed by atoms with van der Waals surface area (Å²) in [5.41, 5.74) is 8.80. The maximum Gasteiger partial charge on any atom is 0.251 e. The number of benzene rings is 1. The number of rotatable bonds is 5. The summed E-state index contributed by atoms with van der Waals surface area (Å²) in [7, 11) is 0. The van der Waals surface area contributed by atoms with Gasteiger partial charge in [0.1, 0.15) is 0 Å². The van der Waals surface area contributed by atoms with Gasteiger partial charge in [-0.1, -0.05) is 18.2 Å². The van der Waals surface area contributed by atoms with E-state index in [2.05, 4.69) is 33.3 Å². The molecular weight excluding hydrogens is 478 g/mol. The van der Waals surface area contributed by atoms with Gasteiger partial charge in [-0.05, 0) is 93.0 Å². The number of hydrazine groups is 1. The maximum absolute atomic E-state index is 13.5. The first-order chi connectivity index (χ1) is 18.4. The molecule has 6 rings (SSSR count). The summed E-state index contributed by atoms with van der Waals surface area (Å²) >= 11 is 0. The van der Waals surface area contributed by atoms with E-state index in [-0.39, 0.29) is 36.0 Å². The zero-order valence-electron chi connectivity index (χ0n) is 21.9. The highest BCUT2D eigenvalue weighted by Gasteiger charge is 2.43. The molecule has 3 fully saturated rings. The van der Waals surface area contributed by atoms with Crippen LogP contribution in [0.4, 0.5) is 0 Å². The highest BCUT2D eigenvalue weighted by atomic mass is 16.3. The fourth-order valence-corrected chi connectivity index (χ4v) is 7.01. The van der Waals surface area contributed by atoms with Crippen molar-refractivity contribution in [2.75, 3.05) is 0 Å². The normalized spacial score (nSPS) is 31.2. The second-order valence-corrected chi connectivity index (χ2v) is 11.6. The molecule has 1 aliphatic heterocycles. The zero-order chi connectivity index (χ0) is 26.3. The average Bonchev–Trinajstić information content (AvgIpc) is 3.34. The number of carbonyl (C=O) groups excluding carboxylic acids is 1. The van der Waals surface area contributed by atoms with E-state index >= 15 is 0 Å². The van der Waals surface area contributed by atoms with Crippen LogP contribution in [0.25, 0.3) is 10.9 Å². The van der Waals surface area contributed by atoms with Crippen LogP contribution in [0.1, 0.15) is 62.2 Å². The number of pyridine rings is 2. The summed E-state index contributed by atoms with van der Waals surface area (Å²) in [6.07, 6.45) is 7.21. The second-order valence-electron chi connectivity index (χ2n) is 11.6. The lowest BCUT2D eigenvalue weighted by molar-refractivity contribution is -0.128. The summed E-state index contributed by atoms with van der Waals surface area (Å²) in [5.74, 6) is 0.388. The van der Waals surface area contributed by atoms with E-state index in [4.69, 9.17) is 0 Å². The van der Waals surface area contributed by atoms with Crippen LogP contribution in [0.15, 0.2) is 59.5 Å². The molecular formula is C30H37N5O3. The number of aliphatic hydroxyl groups is 1. The lowest BCUT2D eigenvalue weighted by Crippen LogP contribution is -2.50. The molecule has 4 N–H and O–H groups in total. The van der Waals surface area contributed by atoms with Gasteiger partial charge in [0.2, 0.25) is 5.91 Å². The predicted octanol–water partition coefficient (Wildman–Crippen LogP) is 3.13. The highest BCUT2D eigenvalue weighted by Crippen LogP contribution is 2.41. The lowest BCUT2D eigenvalue weighted by Gasteiger charge is -2.39. The van der Waals surface area contributed by atoms with E-state index < -0.39 is 5.60 Å². The molecule has 2 aliphatic carbocycles. The smallest absolute Gasteiger partial charge is 0.251 e. The summed E-state index contributed by atoms with van der Waals surface area (Å²) in [4.78, 5) is 30.5. The first-order valence-corrected chi connectivity index (χ1v) is 13.9. The number of nitrogens with zero attached hydrogens (tertiary/aromatic N) is 2. The Kier molecular flexibility index (Phi) is 6.80. The molecule has 1 aromatic carbocycles. The number of fused-ring (bicyclic) bond motifs is 2. The Morgan fingerprint density at radius 2 is 2.03 bits per heavy atom. The van der Waals surface area contributed by atoms with Gasteiger partial charge in [-0.3, -0.25) is 20.0 Å². The lowest BCUT2D eigenvalue weighted by atomic mass is 9.74. The molecule has 4 unspecified atom stereocenters. The third-order valence-electron chi connectivity index (χ3n) is 8.92. The average molecular weight is 516 g/mol. The molecule has 3 aliphatic rings. The largest absolute Gasteiger partial charge is 0.388 e. The van der Waals surface area contributed by atoms with Gasteiger partial charge in [0.25, 0.3) is 5.56 Å². The van der Waals surface area contributed by atoms with Gasteiger partial charge >= 0.3 is 0 Å². The zero-order valence-corrected chi connectivity index (χ0v) is 21.9. The van der Waals surface area contributed by atoms with E-state index in [1.807, 2.05) is 43.5 Å². The van der Waals surface area contributed by atoms with Gasteiger partial charge in [-0.15, -0.1) is 0 Å².